The number of oxime groups is 1. The van der Waals surface area contributed by atoms with Crippen molar-refractivity contribution in [2.75, 3.05) is 18.5 Å². The average Bonchev–Trinajstić information content (AvgIpc) is 2.81. The lowest BCUT2D eigenvalue weighted by molar-refractivity contribution is -0.174. The predicted octanol–water partition coefficient (Wildman–Crippen LogP) is 2.25. The van der Waals surface area contributed by atoms with Gasteiger partial charge in [0.15, 0.2) is 5.13 Å². The quantitative estimate of drug-likeness (QED) is 0.365. The zero-order valence-corrected chi connectivity index (χ0v) is 11.2. The largest absolute Gasteiger partial charge is 0.411 e. The molecule has 0 unspecified atom stereocenters. The van der Waals surface area contributed by atoms with Crippen LogP contribution in [0.3, 0.4) is 0 Å². The van der Waals surface area contributed by atoms with Crippen LogP contribution in [0.25, 0.3) is 0 Å². The summed E-state index contributed by atoms with van der Waals surface area (Å²) >= 11 is 1.11. The van der Waals surface area contributed by atoms with Crippen molar-refractivity contribution in [1.29, 1.82) is 0 Å². The van der Waals surface area contributed by atoms with E-state index < -0.39 is 18.7 Å². The lowest BCUT2D eigenvalue weighted by Crippen LogP contribution is -2.20. The van der Waals surface area contributed by atoms with Crippen molar-refractivity contribution in [3.63, 3.8) is 0 Å². The van der Waals surface area contributed by atoms with Crippen LogP contribution < -0.4 is 5.32 Å². The number of halogens is 3. The van der Waals surface area contributed by atoms with Crippen LogP contribution in [0.5, 0.6) is 0 Å². The first-order chi connectivity index (χ1) is 9.31. The number of nitrogens with zero attached hydrogens (tertiary/aromatic N) is 2. The van der Waals surface area contributed by atoms with Gasteiger partial charge < -0.3 is 15.3 Å². The van der Waals surface area contributed by atoms with Gasteiger partial charge in [0.1, 0.15) is 18.0 Å². The van der Waals surface area contributed by atoms with Crippen LogP contribution in [-0.4, -0.2) is 41.2 Å². The molecule has 0 radical (unpaired) electrons. The minimum absolute atomic E-state index is 0.210. The summed E-state index contributed by atoms with van der Waals surface area (Å²) in [5, 5.41) is 15.8. The number of anilines is 1. The standard InChI is InChI=1S/C10H12F3N3O3S/c1-6(16-18)7-4-20-9(14-7)15-8(17)2-3-19-5-10(11,12)13/h4,18H,2-3,5H2,1H3,(H,14,15,17). The van der Waals surface area contributed by atoms with E-state index >= 15 is 0 Å². The average molecular weight is 311 g/mol. The van der Waals surface area contributed by atoms with Gasteiger partial charge in [-0.05, 0) is 6.92 Å². The number of nitrogens with one attached hydrogen (secondary N) is 1. The van der Waals surface area contributed by atoms with Crippen molar-refractivity contribution in [1.82, 2.24) is 4.98 Å². The number of aromatic nitrogens is 1. The van der Waals surface area contributed by atoms with Gasteiger partial charge >= 0.3 is 6.18 Å². The van der Waals surface area contributed by atoms with Crippen molar-refractivity contribution in [3.8, 4) is 0 Å². The first-order valence-electron chi connectivity index (χ1n) is 5.40. The van der Waals surface area contributed by atoms with Gasteiger partial charge in [-0.2, -0.15) is 13.2 Å². The Labute approximate surface area is 116 Å². The molecule has 0 aliphatic rings. The van der Waals surface area contributed by atoms with Crippen LogP contribution in [-0.2, 0) is 9.53 Å². The Morgan fingerprint density at radius 1 is 1.60 bits per heavy atom. The maximum absolute atomic E-state index is 11.8. The molecule has 1 heterocycles. The summed E-state index contributed by atoms with van der Waals surface area (Å²) < 4.78 is 39.6. The lowest BCUT2D eigenvalue weighted by Gasteiger charge is -2.07. The van der Waals surface area contributed by atoms with Crippen LogP contribution in [0.1, 0.15) is 19.0 Å². The third-order valence-corrected chi connectivity index (χ3v) is 2.77. The fourth-order valence-corrected chi connectivity index (χ4v) is 1.85. The number of carbonyl (C=O) groups excluding carboxylic acids is 1. The zero-order valence-electron chi connectivity index (χ0n) is 10.4. The number of amides is 1. The second-order valence-corrected chi connectivity index (χ2v) is 4.55. The van der Waals surface area contributed by atoms with Crippen LogP contribution in [0.2, 0.25) is 0 Å². The Hall–Kier alpha value is -1.68. The summed E-state index contributed by atoms with van der Waals surface area (Å²) in [6.07, 6.45) is -4.61. The summed E-state index contributed by atoms with van der Waals surface area (Å²) in [7, 11) is 0. The van der Waals surface area contributed by atoms with Gasteiger partial charge in [0.25, 0.3) is 0 Å². The third kappa shape index (κ3) is 5.97. The minimum Gasteiger partial charge on any atom is -0.411 e. The molecule has 0 saturated carbocycles. The fourth-order valence-electron chi connectivity index (χ4n) is 1.08. The maximum atomic E-state index is 11.8. The number of thiazole rings is 1. The normalized spacial score (nSPS) is 12.5. The monoisotopic (exact) mass is 311 g/mol. The molecule has 0 spiro atoms. The SMILES string of the molecule is CC(=NO)c1csc(NC(=O)CCOCC(F)(F)F)n1. The van der Waals surface area contributed by atoms with Gasteiger partial charge in [-0.25, -0.2) is 4.98 Å². The first kappa shape index (κ1) is 16.4. The molecule has 1 aromatic heterocycles. The molecular formula is C10H12F3N3O3S. The van der Waals surface area contributed by atoms with E-state index in [9.17, 15) is 18.0 Å². The second kappa shape index (κ2) is 7.20. The fraction of sp³-hybridized carbons (Fsp3) is 0.500. The lowest BCUT2D eigenvalue weighted by atomic mass is 10.3. The van der Waals surface area contributed by atoms with Gasteiger partial charge in [0.2, 0.25) is 5.91 Å². The summed E-state index contributed by atoms with van der Waals surface area (Å²) in [5.74, 6) is -0.508. The summed E-state index contributed by atoms with van der Waals surface area (Å²) in [5.41, 5.74) is 0.691. The van der Waals surface area contributed by atoms with Crippen molar-refractivity contribution in [2.45, 2.75) is 19.5 Å². The second-order valence-electron chi connectivity index (χ2n) is 3.69. The Morgan fingerprint density at radius 2 is 2.30 bits per heavy atom. The summed E-state index contributed by atoms with van der Waals surface area (Å²) in [6.45, 7) is -0.180. The summed E-state index contributed by atoms with van der Waals surface area (Å²) in [4.78, 5) is 15.4. The van der Waals surface area contributed by atoms with Gasteiger partial charge in [-0.15, -0.1) is 11.3 Å². The van der Waals surface area contributed by atoms with Gasteiger partial charge in [-0.1, -0.05) is 5.16 Å². The number of rotatable bonds is 6. The van der Waals surface area contributed by atoms with Crippen molar-refractivity contribution < 1.29 is 27.9 Å². The van der Waals surface area contributed by atoms with Crippen LogP contribution in [0, 0.1) is 0 Å². The molecule has 1 aromatic rings. The number of alkyl halides is 3. The minimum atomic E-state index is -4.40. The van der Waals surface area contributed by atoms with Crippen LogP contribution >= 0.6 is 11.3 Å². The van der Waals surface area contributed by atoms with Gasteiger partial charge in [0, 0.05) is 5.38 Å². The predicted molar refractivity (Wildman–Crippen MR) is 66.2 cm³/mol. The molecule has 2 N–H and O–H groups in total. The van der Waals surface area contributed by atoms with E-state index in [0.717, 1.165) is 11.3 Å². The molecule has 20 heavy (non-hydrogen) atoms. The molecule has 0 aliphatic carbocycles. The molecule has 0 aromatic carbocycles. The molecule has 1 rings (SSSR count). The number of carbonyl (C=O) groups is 1. The smallest absolute Gasteiger partial charge is 0.411 e. The first-order valence-corrected chi connectivity index (χ1v) is 6.28. The molecule has 0 bridgehead atoms. The van der Waals surface area contributed by atoms with Crippen LogP contribution in [0.15, 0.2) is 10.5 Å². The molecule has 0 aliphatic heterocycles. The van der Waals surface area contributed by atoms with Crippen LogP contribution in [0.4, 0.5) is 18.3 Å². The Balaban J connectivity index is 2.34. The highest BCUT2D eigenvalue weighted by molar-refractivity contribution is 7.14. The molecule has 112 valence electrons. The zero-order chi connectivity index (χ0) is 15.2. The van der Waals surface area contributed by atoms with E-state index in [-0.39, 0.29) is 23.9 Å². The maximum Gasteiger partial charge on any atom is 0.411 e. The highest BCUT2D eigenvalue weighted by Gasteiger charge is 2.27. The van der Waals surface area contributed by atoms with Crippen molar-refractivity contribution >= 4 is 28.1 Å². The van der Waals surface area contributed by atoms with Gasteiger partial charge in [-0.3, -0.25) is 4.79 Å². The molecule has 0 atom stereocenters. The number of hydrogen-bond acceptors (Lipinski definition) is 6. The Kier molecular flexibility index (Phi) is 5.89. The molecule has 10 heteroatoms. The Bertz CT molecular complexity index is 488. The van der Waals surface area contributed by atoms with Crippen molar-refractivity contribution in [3.05, 3.63) is 11.1 Å². The molecule has 0 fully saturated rings. The van der Waals surface area contributed by atoms with E-state index in [1.54, 1.807) is 5.38 Å². The molecule has 6 nitrogen and oxygen atoms in total. The molecule has 0 saturated heterocycles. The highest BCUT2D eigenvalue weighted by Crippen LogP contribution is 2.17. The van der Waals surface area contributed by atoms with E-state index in [0.29, 0.717) is 5.69 Å². The van der Waals surface area contributed by atoms with E-state index in [2.05, 4.69) is 20.2 Å². The van der Waals surface area contributed by atoms with E-state index in [1.807, 2.05) is 0 Å². The topological polar surface area (TPSA) is 83.8 Å². The van der Waals surface area contributed by atoms with Gasteiger partial charge in [0.05, 0.1) is 13.0 Å². The van der Waals surface area contributed by atoms with Crippen molar-refractivity contribution in [2.24, 2.45) is 5.16 Å². The highest BCUT2D eigenvalue weighted by atomic mass is 32.1. The number of hydrogen-bond donors (Lipinski definition) is 2. The number of ether oxygens (including phenoxy) is 1. The van der Waals surface area contributed by atoms with E-state index in [4.69, 9.17) is 5.21 Å². The van der Waals surface area contributed by atoms with E-state index in [1.165, 1.54) is 6.92 Å². The molecular weight excluding hydrogens is 299 g/mol. The third-order valence-electron chi connectivity index (χ3n) is 2.01. The Morgan fingerprint density at radius 3 is 2.90 bits per heavy atom. The summed E-state index contributed by atoms with van der Waals surface area (Å²) in [6, 6.07) is 0. The molecule has 1 amide bonds.